The lowest BCUT2D eigenvalue weighted by Crippen LogP contribution is -2.33. The average molecular weight is 311 g/mol. The maximum Gasteiger partial charge on any atom is 0.146 e. The molecule has 0 radical (unpaired) electrons. The van der Waals surface area contributed by atoms with Crippen LogP contribution < -0.4 is 20.5 Å². The molecule has 3 rings (SSSR count). The Hall–Kier alpha value is -3.02. The van der Waals surface area contributed by atoms with E-state index < -0.39 is 6.04 Å². The van der Waals surface area contributed by atoms with Gasteiger partial charge in [0.2, 0.25) is 0 Å². The fourth-order valence-electron chi connectivity index (χ4n) is 2.50. The molecule has 118 valence electrons. The van der Waals surface area contributed by atoms with E-state index in [1.807, 2.05) is 12.1 Å². The molecule has 0 saturated heterocycles. The zero-order chi connectivity index (χ0) is 16.4. The molecule has 0 fully saturated rings. The molecule has 6 heteroatoms. The number of methoxy groups -OCH3 is 2. The number of benzene rings is 2. The number of rotatable bonds is 4. The standard InChI is InChI=1S/C17H17N3O3/c1-22-12-5-10(6-13(8-12)23-2)17-19-15-4-3-11(18)7-14(15)16(9-21)20-17/h3-9,16H,18H2,1-2H3,(H,19,20). The van der Waals surface area contributed by atoms with E-state index in [9.17, 15) is 4.79 Å². The highest BCUT2D eigenvalue weighted by molar-refractivity contribution is 6.04. The van der Waals surface area contributed by atoms with E-state index in [2.05, 4.69) is 10.3 Å². The summed E-state index contributed by atoms with van der Waals surface area (Å²) < 4.78 is 10.6. The minimum Gasteiger partial charge on any atom is -0.497 e. The van der Waals surface area contributed by atoms with E-state index in [-0.39, 0.29) is 0 Å². The van der Waals surface area contributed by atoms with Crippen molar-refractivity contribution in [2.75, 3.05) is 20.0 Å². The van der Waals surface area contributed by atoms with Gasteiger partial charge in [-0.05, 0) is 30.3 Å². The Kier molecular flexibility index (Phi) is 3.89. The Bertz CT molecular complexity index is 764. The smallest absolute Gasteiger partial charge is 0.146 e. The zero-order valence-electron chi connectivity index (χ0n) is 12.9. The zero-order valence-corrected chi connectivity index (χ0v) is 12.9. The molecule has 0 spiro atoms. The summed E-state index contributed by atoms with van der Waals surface area (Å²) in [6.45, 7) is 0. The molecule has 1 atom stereocenters. The number of ether oxygens (including phenoxy) is 2. The van der Waals surface area contributed by atoms with E-state index in [0.717, 1.165) is 17.4 Å². The number of hydrogen-bond acceptors (Lipinski definition) is 6. The van der Waals surface area contributed by atoms with E-state index in [0.29, 0.717) is 28.7 Å². The number of carbonyl (C=O) groups is 1. The van der Waals surface area contributed by atoms with Gasteiger partial charge in [-0.2, -0.15) is 0 Å². The van der Waals surface area contributed by atoms with Gasteiger partial charge in [-0.3, -0.25) is 0 Å². The number of anilines is 1. The highest BCUT2D eigenvalue weighted by Crippen LogP contribution is 2.32. The van der Waals surface area contributed by atoms with Gasteiger partial charge in [0.15, 0.2) is 0 Å². The van der Waals surface area contributed by atoms with Crippen LogP contribution in [0.4, 0.5) is 11.4 Å². The summed E-state index contributed by atoms with van der Waals surface area (Å²) in [6, 6.07) is 10.3. The van der Waals surface area contributed by atoms with Crippen LogP contribution >= 0.6 is 0 Å². The number of carbonyl (C=O) groups excluding carboxylic acids is 1. The molecule has 6 nitrogen and oxygen atoms in total. The molecule has 2 aromatic carbocycles. The highest BCUT2D eigenvalue weighted by Gasteiger charge is 2.23. The van der Waals surface area contributed by atoms with Crippen molar-refractivity contribution >= 4 is 23.5 Å². The first-order valence-corrected chi connectivity index (χ1v) is 7.08. The van der Waals surface area contributed by atoms with Gasteiger partial charge in [-0.25, -0.2) is 4.99 Å². The first kappa shape index (κ1) is 14.9. The van der Waals surface area contributed by atoms with E-state index in [1.165, 1.54) is 0 Å². The van der Waals surface area contributed by atoms with Crippen molar-refractivity contribution < 1.29 is 14.3 Å². The number of fused-ring (bicyclic) bond motifs is 1. The van der Waals surface area contributed by atoms with Crippen LogP contribution in [0, 0.1) is 0 Å². The Morgan fingerprint density at radius 2 is 1.83 bits per heavy atom. The predicted octanol–water partition coefficient (Wildman–Crippen LogP) is 2.21. The van der Waals surface area contributed by atoms with E-state index in [1.54, 1.807) is 38.5 Å². The maximum atomic E-state index is 11.4. The number of nitrogens with one attached hydrogen (secondary N) is 1. The normalized spacial score (nSPS) is 15.9. The number of aldehydes is 1. The molecule has 0 bridgehead atoms. The first-order valence-electron chi connectivity index (χ1n) is 7.08. The van der Waals surface area contributed by atoms with Gasteiger partial charge < -0.3 is 25.3 Å². The van der Waals surface area contributed by atoms with Gasteiger partial charge in [0.25, 0.3) is 0 Å². The molecule has 0 amide bonds. The van der Waals surface area contributed by atoms with Gasteiger partial charge >= 0.3 is 0 Å². The summed E-state index contributed by atoms with van der Waals surface area (Å²) in [6.07, 6.45) is 0.838. The summed E-state index contributed by atoms with van der Waals surface area (Å²) in [5.41, 5.74) is 8.64. The molecule has 1 aliphatic heterocycles. The van der Waals surface area contributed by atoms with Gasteiger partial charge in [-0.15, -0.1) is 0 Å². The van der Waals surface area contributed by atoms with Crippen molar-refractivity contribution in [2.24, 2.45) is 4.99 Å². The van der Waals surface area contributed by atoms with Crippen LogP contribution in [-0.2, 0) is 4.79 Å². The van der Waals surface area contributed by atoms with Gasteiger partial charge in [0, 0.05) is 22.9 Å². The van der Waals surface area contributed by atoms with Gasteiger partial charge in [-0.1, -0.05) is 0 Å². The van der Waals surface area contributed by atoms with Crippen LogP contribution in [0.15, 0.2) is 41.4 Å². The molecule has 0 aliphatic carbocycles. The number of nitrogen functional groups attached to an aromatic ring is 1. The second kappa shape index (κ2) is 6.00. The number of aliphatic imine (C=N–C) groups is 1. The molecule has 1 unspecified atom stereocenters. The van der Waals surface area contributed by atoms with Crippen molar-refractivity contribution in [3.8, 4) is 11.5 Å². The third-order valence-corrected chi connectivity index (χ3v) is 3.67. The highest BCUT2D eigenvalue weighted by atomic mass is 16.5. The number of nitrogens with zero attached hydrogens (tertiary/aromatic N) is 1. The topological polar surface area (TPSA) is 85.9 Å². The van der Waals surface area contributed by atoms with E-state index >= 15 is 0 Å². The summed E-state index contributed by atoms with van der Waals surface area (Å²) in [4.78, 5) is 16.0. The molecule has 2 aromatic rings. The molecular formula is C17H17N3O3. The third kappa shape index (κ3) is 2.83. The molecule has 23 heavy (non-hydrogen) atoms. The summed E-state index contributed by atoms with van der Waals surface area (Å²) in [5, 5.41) is 3.12. The summed E-state index contributed by atoms with van der Waals surface area (Å²) >= 11 is 0. The van der Waals surface area contributed by atoms with Crippen molar-refractivity contribution in [3.05, 3.63) is 47.5 Å². The van der Waals surface area contributed by atoms with Gasteiger partial charge in [0.05, 0.1) is 19.9 Å². The van der Waals surface area contributed by atoms with Crippen LogP contribution in [-0.4, -0.2) is 26.3 Å². The largest absolute Gasteiger partial charge is 0.497 e. The summed E-state index contributed by atoms with van der Waals surface area (Å²) in [7, 11) is 3.17. The fourth-order valence-corrected chi connectivity index (χ4v) is 2.50. The number of hydrogen-bond donors (Lipinski definition) is 2. The first-order chi connectivity index (χ1) is 11.1. The molecule has 0 aromatic heterocycles. The lowest BCUT2D eigenvalue weighted by Gasteiger charge is -2.24. The monoisotopic (exact) mass is 311 g/mol. The lowest BCUT2D eigenvalue weighted by molar-refractivity contribution is -0.109. The van der Waals surface area contributed by atoms with Crippen molar-refractivity contribution in [1.82, 2.24) is 5.32 Å². The maximum absolute atomic E-state index is 11.4. The molecular weight excluding hydrogens is 294 g/mol. The Morgan fingerprint density at radius 1 is 1.13 bits per heavy atom. The van der Waals surface area contributed by atoms with Crippen LogP contribution in [0.5, 0.6) is 11.5 Å². The molecule has 1 aliphatic rings. The van der Waals surface area contributed by atoms with E-state index in [4.69, 9.17) is 15.2 Å². The van der Waals surface area contributed by atoms with Gasteiger partial charge in [0.1, 0.15) is 29.7 Å². The van der Waals surface area contributed by atoms with Crippen LogP contribution in [0.2, 0.25) is 0 Å². The van der Waals surface area contributed by atoms with Crippen LogP contribution in [0.1, 0.15) is 17.2 Å². The molecule has 3 N–H and O–H groups in total. The quantitative estimate of drug-likeness (QED) is 0.668. The second-order valence-corrected chi connectivity index (χ2v) is 5.14. The van der Waals surface area contributed by atoms with Crippen LogP contribution in [0.3, 0.4) is 0 Å². The second-order valence-electron chi connectivity index (χ2n) is 5.14. The Labute approximate surface area is 133 Å². The minimum absolute atomic E-state index is 0.502. The Balaban J connectivity index is 2.10. The van der Waals surface area contributed by atoms with Crippen molar-refractivity contribution in [1.29, 1.82) is 0 Å². The van der Waals surface area contributed by atoms with Crippen LogP contribution in [0.25, 0.3) is 0 Å². The Morgan fingerprint density at radius 3 is 2.43 bits per heavy atom. The predicted molar refractivity (Wildman–Crippen MR) is 88.5 cm³/mol. The average Bonchev–Trinajstić information content (AvgIpc) is 2.60. The third-order valence-electron chi connectivity index (χ3n) is 3.67. The molecule has 1 heterocycles. The summed E-state index contributed by atoms with van der Waals surface area (Å²) in [5.74, 6) is 1.88. The lowest BCUT2D eigenvalue weighted by atomic mass is 10.0. The van der Waals surface area contributed by atoms with Crippen molar-refractivity contribution in [2.45, 2.75) is 6.04 Å². The number of nitrogens with two attached hydrogens (primary N) is 1. The fraction of sp³-hybridized carbons (Fsp3) is 0.176. The molecule has 0 saturated carbocycles. The number of amidine groups is 1. The SMILES string of the molecule is COc1cc(OC)cc(C2=Nc3ccc(N)cc3C(C=O)N2)c1. The minimum atomic E-state index is -0.502. The van der Waals surface area contributed by atoms with Crippen molar-refractivity contribution in [3.63, 3.8) is 0 Å².